The summed E-state index contributed by atoms with van der Waals surface area (Å²) in [5, 5.41) is 0. The van der Waals surface area contributed by atoms with E-state index < -0.39 is 13.0 Å². The first kappa shape index (κ1) is 16.6. The first-order valence-corrected chi connectivity index (χ1v) is 7.61. The van der Waals surface area contributed by atoms with Crippen molar-refractivity contribution in [3.8, 4) is 0 Å². The third-order valence-electron chi connectivity index (χ3n) is 4.14. The summed E-state index contributed by atoms with van der Waals surface area (Å²) in [6, 6.07) is 0.115. The average Bonchev–Trinajstić information content (AvgIpc) is 2.49. The fraction of sp³-hybridized carbons (Fsp3) is 0.929. The van der Waals surface area contributed by atoms with Gasteiger partial charge in [-0.05, 0) is 13.0 Å². The van der Waals surface area contributed by atoms with Crippen LogP contribution in [0.15, 0.2) is 0 Å². The van der Waals surface area contributed by atoms with Gasteiger partial charge in [0, 0.05) is 19.6 Å². The summed E-state index contributed by atoms with van der Waals surface area (Å²) in [7, 11) is 0. The highest BCUT2D eigenvalue weighted by molar-refractivity contribution is 5.76. The van der Waals surface area contributed by atoms with Gasteiger partial charge in [-0.2, -0.15) is 0 Å². The lowest BCUT2D eigenvalue weighted by Gasteiger charge is -2.46. The number of nitrogens with zero attached hydrogens (tertiary/aromatic N) is 2. The molecule has 0 radical (unpaired) electrons. The minimum absolute atomic E-state index is 0.0208. The van der Waals surface area contributed by atoms with Crippen molar-refractivity contribution in [3.05, 3.63) is 0 Å². The fourth-order valence-corrected chi connectivity index (χ4v) is 3.03. The molecule has 0 saturated carbocycles. The number of halogens is 2. The van der Waals surface area contributed by atoms with Gasteiger partial charge < -0.3 is 19.3 Å². The number of ether oxygens (including phenoxy) is 2. The molecule has 5 nitrogen and oxygen atoms in total. The number of fused-ring (bicyclic) bond motifs is 1. The second-order valence-corrected chi connectivity index (χ2v) is 5.46. The quantitative estimate of drug-likeness (QED) is 0.686. The molecule has 2 aliphatic heterocycles. The Labute approximate surface area is 124 Å². The highest BCUT2D eigenvalue weighted by Crippen LogP contribution is 2.23. The maximum atomic E-state index is 12.2. The number of likely N-dealkylation sites (tertiary alicyclic amines) is 1. The summed E-state index contributed by atoms with van der Waals surface area (Å²) in [6.07, 6.45) is -1.35. The maximum Gasteiger partial charge on any atom is 0.261 e. The largest absolute Gasteiger partial charge is 0.375 e. The number of likely N-dealkylation sites (N-methyl/N-ethyl adjacent to an activating group) is 1. The second-order valence-electron chi connectivity index (χ2n) is 5.46. The van der Waals surface area contributed by atoms with E-state index in [9.17, 15) is 13.6 Å². The summed E-state index contributed by atoms with van der Waals surface area (Å²) in [6.45, 7) is 5.50. The van der Waals surface area contributed by atoms with Crippen LogP contribution in [0.5, 0.6) is 0 Å². The molecule has 2 heterocycles. The van der Waals surface area contributed by atoms with Crippen LogP contribution in [0.2, 0.25) is 0 Å². The van der Waals surface area contributed by atoms with Crippen molar-refractivity contribution in [1.82, 2.24) is 9.80 Å². The van der Waals surface area contributed by atoms with E-state index in [1.54, 1.807) is 0 Å². The predicted octanol–water partition coefficient (Wildman–Crippen LogP) is 0.980. The molecular weight excluding hydrogens is 282 g/mol. The molecule has 0 aromatic heterocycles. The Morgan fingerprint density at radius 2 is 2.24 bits per heavy atom. The number of piperidine rings is 1. The molecule has 0 aromatic carbocycles. The molecule has 21 heavy (non-hydrogen) atoms. The number of hydrogen-bond donors (Lipinski definition) is 0. The Kier molecular flexibility index (Phi) is 6.32. The minimum atomic E-state index is -2.48. The smallest absolute Gasteiger partial charge is 0.261 e. The van der Waals surface area contributed by atoms with E-state index in [1.165, 1.54) is 0 Å². The molecule has 2 fully saturated rings. The highest BCUT2D eigenvalue weighted by Gasteiger charge is 2.38. The molecule has 0 bridgehead atoms. The molecule has 7 heteroatoms. The van der Waals surface area contributed by atoms with Gasteiger partial charge in [0.2, 0.25) is 5.91 Å². The Morgan fingerprint density at radius 1 is 1.43 bits per heavy atom. The third kappa shape index (κ3) is 4.59. The van der Waals surface area contributed by atoms with Crippen LogP contribution in [0.25, 0.3) is 0 Å². The van der Waals surface area contributed by atoms with Crippen LogP contribution < -0.4 is 0 Å². The first-order chi connectivity index (χ1) is 10.1. The van der Waals surface area contributed by atoms with Crippen molar-refractivity contribution < 1.29 is 23.0 Å². The summed E-state index contributed by atoms with van der Waals surface area (Å²) >= 11 is 0. The number of hydrogen-bond acceptors (Lipinski definition) is 4. The predicted molar refractivity (Wildman–Crippen MR) is 73.4 cm³/mol. The van der Waals surface area contributed by atoms with E-state index in [0.29, 0.717) is 13.2 Å². The van der Waals surface area contributed by atoms with Gasteiger partial charge >= 0.3 is 0 Å². The zero-order valence-electron chi connectivity index (χ0n) is 12.5. The highest BCUT2D eigenvalue weighted by atomic mass is 19.3. The monoisotopic (exact) mass is 306 g/mol. The maximum absolute atomic E-state index is 12.2. The van der Waals surface area contributed by atoms with E-state index in [2.05, 4.69) is 11.8 Å². The third-order valence-corrected chi connectivity index (χ3v) is 4.14. The Balaban J connectivity index is 1.80. The van der Waals surface area contributed by atoms with Gasteiger partial charge in [0.05, 0.1) is 31.8 Å². The van der Waals surface area contributed by atoms with Crippen molar-refractivity contribution in [3.63, 3.8) is 0 Å². The topological polar surface area (TPSA) is 42.0 Å². The molecule has 2 unspecified atom stereocenters. The van der Waals surface area contributed by atoms with Crippen molar-refractivity contribution in [1.29, 1.82) is 0 Å². The summed E-state index contributed by atoms with van der Waals surface area (Å²) < 4.78 is 34.5. The lowest BCUT2D eigenvalue weighted by molar-refractivity contribution is -0.153. The van der Waals surface area contributed by atoms with Crippen molar-refractivity contribution in [2.45, 2.75) is 38.3 Å². The van der Waals surface area contributed by atoms with Crippen molar-refractivity contribution in [2.75, 3.05) is 46.0 Å². The normalized spacial score (nSPS) is 27.0. The van der Waals surface area contributed by atoms with Crippen LogP contribution in [0.4, 0.5) is 8.78 Å². The number of amides is 1. The van der Waals surface area contributed by atoms with Gasteiger partial charge in [-0.15, -0.1) is 0 Å². The van der Waals surface area contributed by atoms with E-state index in [1.807, 2.05) is 4.90 Å². The van der Waals surface area contributed by atoms with Gasteiger partial charge in [-0.25, -0.2) is 8.78 Å². The van der Waals surface area contributed by atoms with Crippen LogP contribution >= 0.6 is 0 Å². The molecule has 0 aromatic rings. The van der Waals surface area contributed by atoms with Gasteiger partial charge in [0.25, 0.3) is 6.43 Å². The summed E-state index contributed by atoms with van der Waals surface area (Å²) in [5.41, 5.74) is 0. The zero-order chi connectivity index (χ0) is 15.2. The molecule has 2 atom stereocenters. The first-order valence-electron chi connectivity index (χ1n) is 7.61. The molecule has 2 rings (SSSR count). The van der Waals surface area contributed by atoms with E-state index in [-0.39, 0.29) is 31.1 Å². The van der Waals surface area contributed by atoms with Crippen LogP contribution in [0.3, 0.4) is 0 Å². The van der Waals surface area contributed by atoms with Crippen LogP contribution in [-0.2, 0) is 14.3 Å². The number of alkyl halides is 2. The van der Waals surface area contributed by atoms with Gasteiger partial charge in [-0.3, -0.25) is 4.79 Å². The van der Waals surface area contributed by atoms with E-state index >= 15 is 0 Å². The molecule has 2 saturated heterocycles. The summed E-state index contributed by atoms with van der Waals surface area (Å²) in [5.74, 6) is -0.0208. The Morgan fingerprint density at radius 3 is 2.95 bits per heavy atom. The van der Waals surface area contributed by atoms with E-state index in [4.69, 9.17) is 9.47 Å². The minimum Gasteiger partial charge on any atom is -0.375 e. The number of carbonyl (C=O) groups is 1. The standard InChI is InChI=1S/C14H24F2N2O3/c1-2-17-5-3-11-12(9-17)21-8-6-18(11)14(19)4-7-20-10-13(15)16/h11-13H,2-10H2,1H3. The number of rotatable bonds is 6. The fourth-order valence-electron chi connectivity index (χ4n) is 3.03. The molecule has 2 aliphatic rings. The molecule has 0 spiro atoms. The summed E-state index contributed by atoms with van der Waals surface area (Å²) in [4.78, 5) is 16.4. The number of carbonyl (C=O) groups excluding carboxylic acids is 1. The average molecular weight is 306 g/mol. The van der Waals surface area contributed by atoms with Crippen LogP contribution in [0.1, 0.15) is 19.8 Å². The molecule has 1 amide bonds. The SMILES string of the molecule is CCN1CCC2C(C1)OCCN2C(=O)CCOCC(F)F. The van der Waals surface area contributed by atoms with Gasteiger partial charge in [0.1, 0.15) is 6.61 Å². The molecule has 0 N–H and O–H groups in total. The van der Waals surface area contributed by atoms with Crippen LogP contribution in [-0.4, -0.2) is 80.3 Å². The zero-order valence-corrected chi connectivity index (χ0v) is 12.5. The number of morpholine rings is 1. The lowest BCUT2D eigenvalue weighted by atomic mass is 9.98. The molecule has 0 aliphatic carbocycles. The molecular formula is C14H24F2N2O3. The van der Waals surface area contributed by atoms with Crippen molar-refractivity contribution >= 4 is 5.91 Å². The van der Waals surface area contributed by atoms with E-state index in [0.717, 1.165) is 26.1 Å². The lowest BCUT2D eigenvalue weighted by Crippen LogP contribution is -2.60. The van der Waals surface area contributed by atoms with Gasteiger partial charge in [0.15, 0.2) is 0 Å². The second kappa shape index (κ2) is 8.00. The van der Waals surface area contributed by atoms with Crippen LogP contribution in [0, 0.1) is 0 Å². The Hall–Kier alpha value is -0.790. The Bertz CT molecular complexity index is 344. The molecule has 122 valence electrons. The van der Waals surface area contributed by atoms with Crippen molar-refractivity contribution in [2.24, 2.45) is 0 Å². The van der Waals surface area contributed by atoms with Gasteiger partial charge in [-0.1, -0.05) is 6.92 Å².